The van der Waals surface area contributed by atoms with Crippen LogP contribution in [0.2, 0.25) is 0 Å². The maximum absolute atomic E-state index is 12.6. The van der Waals surface area contributed by atoms with Crippen molar-refractivity contribution >= 4 is 21.7 Å². The Morgan fingerprint density at radius 1 is 1.10 bits per heavy atom. The molecule has 7 heteroatoms. The second-order valence-corrected chi connectivity index (χ2v) is 5.65. The Labute approximate surface area is 128 Å². The summed E-state index contributed by atoms with van der Waals surface area (Å²) in [6, 6.07) is 4.70. The van der Waals surface area contributed by atoms with E-state index in [-0.39, 0.29) is 11.7 Å². The molecule has 0 bridgehead atoms. The van der Waals surface area contributed by atoms with Crippen molar-refractivity contribution in [3.63, 3.8) is 0 Å². The summed E-state index contributed by atoms with van der Waals surface area (Å²) < 4.78 is 38.3. The van der Waals surface area contributed by atoms with Gasteiger partial charge in [0.1, 0.15) is 5.82 Å². The quantitative estimate of drug-likeness (QED) is 0.850. The van der Waals surface area contributed by atoms with E-state index in [2.05, 4.69) is 25.9 Å². The number of halogens is 4. The summed E-state index contributed by atoms with van der Waals surface area (Å²) in [5.74, 6) is 0.689. The largest absolute Gasteiger partial charge is 0.416 e. The molecule has 0 saturated heterocycles. The molecule has 0 unspecified atom stereocenters. The molecular formula is C14H13BrF3N3. The molecule has 112 valence electrons. The topological polar surface area (TPSA) is 51.8 Å². The van der Waals surface area contributed by atoms with Gasteiger partial charge in [0.15, 0.2) is 5.82 Å². The van der Waals surface area contributed by atoms with Crippen LogP contribution in [-0.4, -0.2) is 9.97 Å². The van der Waals surface area contributed by atoms with Crippen LogP contribution in [0.25, 0.3) is 11.4 Å². The van der Waals surface area contributed by atoms with Crippen molar-refractivity contribution in [1.82, 2.24) is 9.97 Å². The van der Waals surface area contributed by atoms with Gasteiger partial charge in [0.25, 0.3) is 0 Å². The summed E-state index contributed by atoms with van der Waals surface area (Å²) in [4.78, 5) is 8.49. The Kier molecular flexibility index (Phi) is 4.22. The van der Waals surface area contributed by atoms with Crippen LogP contribution in [0.1, 0.15) is 31.0 Å². The molecule has 1 aromatic carbocycles. The van der Waals surface area contributed by atoms with Crippen LogP contribution in [0, 0.1) is 0 Å². The number of nitrogens with two attached hydrogens (primary N) is 1. The number of rotatable bonds is 2. The van der Waals surface area contributed by atoms with Gasteiger partial charge in [-0.05, 0) is 34.0 Å². The Balaban J connectivity index is 2.47. The number of benzene rings is 1. The van der Waals surface area contributed by atoms with Gasteiger partial charge in [0, 0.05) is 5.56 Å². The molecule has 0 radical (unpaired) electrons. The highest BCUT2D eigenvalue weighted by molar-refractivity contribution is 9.10. The first-order chi connectivity index (χ1) is 9.70. The predicted octanol–water partition coefficient (Wildman–Crippen LogP) is 4.63. The van der Waals surface area contributed by atoms with E-state index in [1.807, 2.05) is 13.8 Å². The lowest BCUT2D eigenvalue weighted by molar-refractivity contribution is -0.137. The first-order valence-corrected chi connectivity index (χ1v) is 7.00. The number of hydrogen-bond donors (Lipinski definition) is 1. The van der Waals surface area contributed by atoms with Gasteiger partial charge in [-0.1, -0.05) is 26.0 Å². The van der Waals surface area contributed by atoms with E-state index in [0.29, 0.717) is 15.9 Å². The van der Waals surface area contributed by atoms with Gasteiger partial charge < -0.3 is 5.73 Å². The Bertz CT molecular complexity index is 652. The fraction of sp³-hybridized carbons (Fsp3) is 0.286. The molecule has 3 nitrogen and oxygen atoms in total. The van der Waals surface area contributed by atoms with Crippen LogP contribution in [0.15, 0.2) is 28.7 Å². The summed E-state index contributed by atoms with van der Waals surface area (Å²) in [7, 11) is 0. The normalized spacial score (nSPS) is 12.0. The molecule has 1 aromatic heterocycles. The van der Waals surface area contributed by atoms with Crippen molar-refractivity contribution in [3.05, 3.63) is 40.0 Å². The van der Waals surface area contributed by atoms with Crippen molar-refractivity contribution in [1.29, 1.82) is 0 Å². The number of nitrogen functional groups attached to an aromatic ring is 1. The number of aromatic nitrogens is 2. The third-order valence-corrected chi connectivity index (χ3v) is 3.73. The highest BCUT2D eigenvalue weighted by Gasteiger charge is 2.30. The number of nitrogens with zero attached hydrogens (tertiary/aromatic N) is 2. The summed E-state index contributed by atoms with van der Waals surface area (Å²) >= 11 is 3.33. The zero-order valence-electron chi connectivity index (χ0n) is 11.4. The maximum Gasteiger partial charge on any atom is 0.416 e. The van der Waals surface area contributed by atoms with E-state index >= 15 is 0 Å². The van der Waals surface area contributed by atoms with E-state index < -0.39 is 11.7 Å². The van der Waals surface area contributed by atoms with Crippen LogP contribution in [0.4, 0.5) is 19.0 Å². The van der Waals surface area contributed by atoms with Gasteiger partial charge in [0.2, 0.25) is 0 Å². The molecule has 0 aliphatic rings. The van der Waals surface area contributed by atoms with Crippen molar-refractivity contribution in [2.75, 3.05) is 5.73 Å². The Morgan fingerprint density at radius 3 is 2.14 bits per heavy atom. The molecule has 0 saturated carbocycles. The second kappa shape index (κ2) is 5.63. The van der Waals surface area contributed by atoms with E-state index in [9.17, 15) is 13.2 Å². The Hall–Kier alpha value is -1.63. The third kappa shape index (κ3) is 3.34. The molecular weight excluding hydrogens is 347 g/mol. The molecule has 0 aliphatic heterocycles. The summed E-state index contributed by atoms with van der Waals surface area (Å²) in [5, 5.41) is 0. The first-order valence-electron chi connectivity index (χ1n) is 6.20. The van der Waals surface area contributed by atoms with Crippen LogP contribution >= 0.6 is 15.9 Å². The summed E-state index contributed by atoms with van der Waals surface area (Å²) in [5.41, 5.74) is 6.32. The van der Waals surface area contributed by atoms with E-state index in [0.717, 1.165) is 17.8 Å². The molecule has 0 aliphatic carbocycles. The van der Waals surface area contributed by atoms with Crippen LogP contribution in [-0.2, 0) is 6.18 Å². The minimum absolute atomic E-state index is 0.109. The van der Waals surface area contributed by atoms with Crippen molar-refractivity contribution < 1.29 is 13.2 Å². The van der Waals surface area contributed by atoms with Gasteiger partial charge in [-0.3, -0.25) is 0 Å². The van der Waals surface area contributed by atoms with Gasteiger partial charge in [-0.2, -0.15) is 13.2 Å². The van der Waals surface area contributed by atoms with Gasteiger partial charge in [0.05, 0.1) is 15.7 Å². The zero-order chi connectivity index (χ0) is 15.8. The fourth-order valence-electron chi connectivity index (χ4n) is 1.80. The minimum atomic E-state index is -4.36. The second-order valence-electron chi connectivity index (χ2n) is 4.86. The molecule has 2 aromatic rings. The third-order valence-electron chi connectivity index (χ3n) is 2.92. The summed E-state index contributed by atoms with van der Waals surface area (Å²) in [6.45, 7) is 3.89. The lowest BCUT2D eigenvalue weighted by Crippen LogP contribution is -2.06. The lowest BCUT2D eigenvalue weighted by Gasteiger charge is -2.12. The van der Waals surface area contributed by atoms with Gasteiger partial charge in [-0.25, -0.2) is 9.97 Å². The molecule has 2 rings (SSSR count). The van der Waals surface area contributed by atoms with Crippen molar-refractivity contribution in [2.45, 2.75) is 25.9 Å². The highest BCUT2D eigenvalue weighted by atomic mass is 79.9. The number of alkyl halides is 3. The van der Waals surface area contributed by atoms with E-state index in [1.165, 1.54) is 12.1 Å². The molecule has 0 spiro atoms. The van der Waals surface area contributed by atoms with Gasteiger partial charge >= 0.3 is 6.18 Å². The van der Waals surface area contributed by atoms with Gasteiger partial charge in [-0.15, -0.1) is 0 Å². The average molecular weight is 360 g/mol. The maximum atomic E-state index is 12.6. The zero-order valence-corrected chi connectivity index (χ0v) is 13.0. The minimum Gasteiger partial charge on any atom is -0.383 e. The summed E-state index contributed by atoms with van der Waals surface area (Å²) in [6.07, 6.45) is -4.36. The average Bonchev–Trinajstić information content (AvgIpc) is 2.40. The van der Waals surface area contributed by atoms with Crippen LogP contribution < -0.4 is 5.73 Å². The molecule has 0 amide bonds. The van der Waals surface area contributed by atoms with Crippen LogP contribution in [0.5, 0.6) is 0 Å². The fourth-order valence-corrected chi connectivity index (χ4v) is 2.44. The van der Waals surface area contributed by atoms with Crippen molar-refractivity contribution in [3.8, 4) is 11.4 Å². The van der Waals surface area contributed by atoms with E-state index in [1.54, 1.807) is 0 Å². The molecule has 21 heavy (non-hydrogen) atoms. The monoisotopic (exact) mass is 359 g/mol. The molecule has 0 fully saturated rings. The van der Waals surface area contributed by atoms with Crippen molar-refractivity contribution in [2.24, 2.45) is 0 Å². The number of anilines is 1. The Morgan fingerprint density at radius 2 is 1.67 bits per heavy atom. The standard InChI is InChI=1S/C14H13BrF3N3/c1-7(2)11-10(15)12(19)21-13(20-11)8-3-5-9(6-4-8)14(16,17)18/h3-7H,1-2H3,(H2,19,20,21). The predicted molar refractivity (Wildman–Crippen MR) is 78.7 cm³/mol. The first kappa shape index (κ1) is 15.8. The highest BCUT2D eigenvalue weighted by Crippen LogP contribution is 2.32. The molecule has 0 atom stereocenters. The molecule has 2 N–H and O–H groups in total. The SMILES string of the molecule is CC(C)c1nc(-c2ccc(C(F)(F)F)cc2)nc(N)c1Br. The number of hydrogen-bond acceptors (Lipinski definition) is 3. The molecule has 1 heterocycles. The van der Waals surface area contributed by atoms with E-state index in [4.69, 9.17) is 5.73 Å². The van der Waals surface area contributed by atoms with Crippen LogP contribution in [0.3, 0.4) is 0 Å². The smallest absolute Gasteiger partial charge is 0.383 e. The lowest BCUT2D eigenvalue weighted by atomic mass is 10.1.